The van der Waals surface area contributed by atoms with Crippen LogP contribution in [0.3, 0.4) is 0 Å². The van der Waals surface area contributed by atoms with Crippen LogP contribution in [0.4, 0.5) is 0 Å². The first-order valence-electron chi connectivity index (χ1n) is 8.17. The molecule has 0 unspecified atom stereocenters. The van der Waals surface area contributed by atoms with E-state index < -0.39 is 0 Å². The molecule has 100 valence electrons. The van der Waals surface area contributed by atoms with Crippen LogP contribution in [0.25, 0.3) is 0 Å². The van der Waals surface area contributed by atoms with E-state index in [0.717, 1.165) is 48.1 Å². The maximum absolute atomic E-state index is 3.80. The quantitative estimate of drug-likeness (QED) is 0.746. The molecule has 0 heterocycles. The van der Waals surface area contributed by atoms with Gasteiger partial charge in [-0.15, -0.1) is 6.58 Å². The lowest BCUT2D eigenvalue weighted by atomic mass is 9.47. The SMILES string of the molecule is C=CCNC1CC(C2C3CC4CC(C3)CC2C4)C1. The molecule has 5 rings (SSSR count). The zero-order valence-electron chi connectivity index (χ0n) is 11.5. The van der Waals surface area contributed by atoms with Crippen LogP contribution >= 0.6 is 0 Å². The number of nitrogens with one attached hydrogen (secondary N) is 1. The van der Waals surface area contributed by atoms with E-state index in [0.29, 0.717) is 0 Å². The fourth-order valence-electron chi connectivity index (χ4n) is 6.13. The normalized spacial score (nSPS) is 53.2. The van der Waals surface area contributed by atoms with E-state index in [2.05, 4.69) is 11.9 Å². The molecule has 5 aliphatic rings. The van der Waals surface area contributed by atoms with Crippen molar-refractivity contribution < 1.29 is 0 Å². The highest BCUT2D eigenvalue weighted by Crippen LogP contribution is 2.60. The third kappa shape index (κ3) is 1.78. The standard InChI is InChI=1S/C17H27N/c1-2-3-18-16-9-15(10-16)17-13-5-11-4-12(7-13)8-14(17)6-11/h2,11-18H,1,3-10H2. The van der Waals surface area contributed by atoms with E-state index in [1.807, 2.05) is 6.08 Å². The summed E-state index contributed by atoms with van der Waals surface area (Å²) in [6.45, 7) is 4.80. The minimum absolute atomic E-state index is 0.810. The van der Waals surface area contributed by atoms with Crippen molar-refractivity contribution in [3.63, 3.8) is 0 Å². The average Bonchev–Trinajstić information content (AvgIpc) is 2.29. The van der Waals surface area contributed by atoms with Gasteiger partial charge in [-0.1, -0.05) is 6.08 Å². The van der Waals surface area contributed by atoms with Gasteiger partial charge in [0.25, 0.3) is 0 Å². The Kier molecular flexibility index (Phi) is 2.80. The highest BCUT2D eigenvalue weighted by Gasteiger charge is 2.52. The number of hydrogen-bond donors (Lipinski definition) is 1. The first kappa shape index (κ1) is 11.5. The summed E-state index contributed by atoms with van der Waals surface area (Å²) in [5, 5.41) is 3.60. The van der Waals surface area contributed by atoms with Gasteiger partial charge in [-0.25, -0.2) is 0 Å². The maximum Gasteiger partial charge on any atom is 0.0134 e. The van der Waals surface area contributed by atoms with Crippen molar-refractivity contribution in [1.29, 1.82) is 0 Å². The molecule has 4 bridgehead atoms. The Morgan fingerprint density at radius 3 is 1.94 bits per heavy atom. The Morgan fingerprint density at radius 2 is 1.39 bits per heavy atom. The lowest BCUT2D eigenvalue weighted by Crippen LogP contribution is -2.53. The highest BCUT2D eigenvalue weighted by molar-refractivity contribution is 5.03. The van der Waals surface area contributed by atoms with Gasteiger partial charge in [-0.05, 0) is 80.5 Å². The van der Waals surface area contributed by atoms with Crippen molar-refractivity contribution in [2.45, 2.75) is 51.0 Å². The molecule has 0 saturated heterocycles. The van der Waals surface area contributed by atoms with E-state index in [1.165, 1.54) is 12.8 Å². The van der Waals surface area contributed by atoms with Gasteiger partial charge in [0.05, 0.1) is 0 Å². The van der Waals surface area contributed by atoms with Crippen molar-refractivity contribution in [1.82, 2.24) is 5.32 Å². The zero-order valence-corrected chi connectivity index (χ0v) is 11.5. The Hall–Kier alpha value is -0.300. The molecule has 1 heteroatoms. The summed E-state index contributed by atoms with van der Waals surface area (Å²) in [5.41, 5.74) is 0. The molecular formula is C17H27N. The summed E-state index contributed by atoms with van der Waals surface area (Å²) in [5.74, 6) is 6.73. The largest absolute Gasteiger partial charge is 0.311 e. The van der Waals surface area contributed by atoms with Crippen LogP contribution in [-0.4, -0.2) is 12.6 Å². The van der Waals surface area contributed by atoms with E-state index in [9.17, 15) is 0 Å². The minimum atomic E-state index is 0.810. The van der Waals surface area contributed by atoms with Crippen LogP contribution in [0.5, 0.6) is 0 Å². The smallest absolute Gasteiger partial charge is 0.0134 e. The van der Waals surface area contributed by atoms with Gasteiger partial charge >= 0.3 is 0 Å². The molecule has 0 spiro atoms. The fourth-order valence-corrected chi connectivity index (χ4v) is 6.13. The third-order valence-corrected chi connectivity index (χ3v) is 6.57. The summed E-state index contributed by atoms with van der Waals surface area (Å²) in [6.07, 6.45) is 12.9. The van der Waals surface area contributed by atoms with Gasteiger partial charge in [0.2, 0.25) is 0 Å². The molecule has 0 radical (unpaired) electrons. The van der Waals surface area contributed by atoms with Gasteiger partial charge in [0.15, 0.2) is 0 Å². The highest BCUT2D eigenvalue weighted by atomic mass is 14.9. The van der Waals surface area contributed by atoms with Crippen molar-refractivity contribution in [2.75, 3.05) is 6.54 Å². The molecule has 5 saturated carbocycles. The van der Waals surface area contributed by atoms with Crippen LogP contribution in [0.1, 0.15) is 44.9 Å². The summed E-state index contributed by atoms with van der Waals surface area (Å²) < 4.78 is 0. The predicted molar refractivity (Wildman–Crippen MR) is 75.2 cm³/mol. The summed E-state index contributed by atoms with van der Waals surface area (Å²) >= 11 is 0. The summed E-state index contributed by atoms with van der Waals surface area (Å²) in [4.78, 5) is 0. The molecule has 5 aliphatic carbocycles. The van der Waals surface area contributed by atoms with Crippen molar-refractivity contribution >= 4 is 0 Å². The topological polar surface area (TPSA) is 12.0 Å². The third-order valence-electron chi connectivity index (χ3n) is 6.57. The van der Waals surface area contributed by atoms with E-state index in [4.69, 9.17) is 0 Å². The molecule has 0 aromatic heterocycles. The molecule has 5 fully saturated rings. The first-order chi connectivity index (χ1) is 8.83. The average molecular weight is 245 g/mol. The molecule has 0 amide bonds. The van der Waals surface area contributed by atoms with Crippen molar-refractivity contribution in [2.24, 2.45) is 35.5 Å². The summed E-state index contributed by atoms with van der Waals surface area (Å²) in [7, 11) is 0. The second-order valence-electron chi connectivity index (χ2n) is 7.63. The second-order valence-corrected chi connectivity index (χ2v) is 7.63. The van der Waals surface area contributed by atoms with Gasteiger partial charge in [-0.3, -0.25) is 0 Å². The van der Waals surface area contributed by atoms with Gasteiger partial charge in [-0.2, -0.15) is 0 Å². The van der Waals surface area contributed by atoms with E-state index in [-0.39, 0.29) is 0 Å². The first-order valence-corrected chi connectivity index (χ1v) is 8.17. The minimum Gasteiger partial charge on any atom is -0.311 e. The zero-order chi connectivity index (χ0) is 12.1. The van der Waals surface area contributed by atoms with Crippen LogP contribution < -0.4 is 5.32 Å². The molecule has 0 aliphatic heterocycles. The molecule has 1 nitrogen and oxygen atoms in total. The maximum atomic E-state index is 3.80. The predicted octanol–water partition coefficient (Wildman–Crippen LogP) is 3.61. The van der Waals surface area contributed by atoms with Crippen molar-refractivity contribution in [3.05, 3.63) is 12.7 Å². The summed E-state index contributed by atoms with van der Waals surface area (Å²) in [6, 6.07) is 0.810. The van der Waals surface area contributed by atoms with Crippen LogP contribution in [0.2, 0.25) is 0 Å². The lowest BCUT2D eigenvalue weighted by molar-refractivity contribution is -0.0821. The molecule has 0 aromatic carbocycles. The molecule has 1 N–H and O–H groups in total. The second kappa shape index (κ2) is 4.37. The Labute approximate surface area is 111 Å². The lowest BCUT2D eigenvalue weighted by Gasteiger charge is -2.59. The Balaban J connectivity index is 1.37. The van der Waals surface area contributed by atoms with E-state index >= 15 is 0 Å². The van der Waals surface area contributed by atoms with Gasteiger partial charge < -0.3 is 5.32 Å². The molecule has 0 aromatic rings. The number of rotatable bonds is 4. The van der Waals surface area contributed by atoms with E-state index in [1.54, 1.807) is 32.1 Å². The Morgan fingerprint density at radius 1 is 0.833 bits per heavy atom. The molecular weight excluding hydrogens is 218 g/mol. The molecule has 18 heavy (non-hydrogen) atoms. The molecule has 0 atom stereocenters. The Bertz CT molecular complexity index is 301. The fraction of sp³-hybridized carbons (Fsp3) is 0.882. The van der Waals surface area contributed by atoms with Crippen LogP contribution in [0.15, 0.2) is 12.7 Å². The van der Waals surface area contributed by atoms with Crippen molar-refractivity contribution in [3.8, 4) is 0 Å². The van der Waals surface area contributed by atoms with Crippen LogP contribution in [-0.2, 0) is 0 Å². The number of hydrogen-bond acceptors (Lipinski definition) is 1. The van der Waals surface area contributed by atoms with Gasteiger partial charge in [0.1, 0.15) is 0 Å². The van der Waals surface area contributed by atoms with Gasteiger partial charge in [0, 0.05) is 12.6 Å². The monoisotopic (exact) mass is 245 g/mol. The van der Waals surface area contributed by atoms with Crippen LogP contribution in [0, 0.1) is 35.5 Å².